The lowest BCUT2D eigenvalue weighted by Crippen LogP contribution is -2.29. The third-order valence-corrected chi connectivity index (χ3v) is 3.65. The van der Waals surface area contributed by atoms with Gasteiger partial charge >= 0.3 is 0 Å². The molecule has 1 aromatic carbocycles. The largest absolute Gasteiger partial charge is 0.481 e. The van der Waals surface area contributed by atoms with Crippen molar-refractivity contribution >= 4 is 5.91 Å². The van der Waals surface area contributed by atoms with Gasteiger partial charge in [-0.15, -0.1) is 0 Å². The van der Waals surface area contributed by atoms with Gasteiger partial charge in [-0.1, -0.05) is 29.8 Å². The van der Waals surface area contributed by atoms with E-state index in [9.17, 15) is 4.79 Å². The Morgan fingerprint density at radius 2 is 1.86 bits per heavy atom. The molecule has 4 nitrogen and oxygen atoms in total. The maximum atomic E-state index is 12.5. The molecular weight excluding hydrogens is 264 g/mol. The second kappa shape index (κ2) is 6.39. The minimum atomic E-state index is -0.0572. The summed E-state index contributed by atoms with van der Waals surface area (Å²) in [5.41, 5.74) is 2.87. The quantitative estimate of drug-likeness (QED) is 0.865. The summed E-state index contributed by atoms with van der Waals surface area (Å²) in [6, 6.07) is 11.6. The Morgan fingerprint density at radius 3 is 2.38 bits per heavy atom. The molecule has 4 heteroatoms. The standard InChI is InChI=1S/C17H20N2O2/c1-12-5-7-14(8-6-12)13(2)19(3)17(20)15-9-10-16(21-4)18-11-15/h5-11,13H,1-4H3. The van der Waals surface area contributed by atoms with Crippen LogP contribution in [0, 0.1) is 6.92 Å². The smallest absolute Gasteiger partial charge is 0.255 e. The molecule has 0 fully saturated rings. The second-order valence-corrected chi connectivity index (χ2v) is 5.09. The van der Waals surface area contributed by atoms with Gasteiger partial charge in [0.25, 0.3) is 5.91 Å². The summed E-state index contributed by atoms with van der Waals surface area (Å²) in [6.07, 6.45) is 1.54. The minimum Gasteiger partial charge on any atom is -0.481 e. The Kier molecular flexibility index (Phi) is 4.58. The minimum absolute atomic E-state index is 0.000187. The highest BCUT2D eigenvalue weighted by atomic mass is 16.5. The molecule has 110 valence electrons. The van der Waals surface area contributed by atoms with Crippen molar-refractivity contribution in [2.24, 2.45) is 0 Å². The van der Waals surface area contributed by atoms with Gasteiger partial charge in [-0.25, -0.2) is 4.98 Å². The van der Waals surface area contributed by atoms with Gasteiger partial charge in [0.15, 0.2) is 0 Å². The van der Waals surface area contributed by atoms with Crippen molar-refractivity contribution in [3.63, 3.8) is 0 Å². The molecule has 0 spiro atoms. The summed E-state index contributed by atoms with van der Waals surface area (Å²) in [7, 11) is 3.35. The molecule has 1 amide bonds. The van der Waals surface area contributed by atoms with E-state index in [0.29, 0.717) is 11.4 Å². The van der Waals surface area contributed by atoms with E-state index >= 15 is 0 Å². The molecule has 0 radical (unpaired) electrons. The van der Waals surface area contributed by atoms with Crippen molar-refractivity contribution in [1.29, 1.82) is 0 Å². The van der Waals surface area contributed by atoms with Gasteiger partial charge in [0.2, 0.25) is 5.88 Å². The number of methoxy groups -OCH3 is 1. The van der Waals surface area contributed by atoms with Crippen LogP contribution in [0.5, 0.6) is 5.88 Å². The number of pyridine rings is 1. The molecule has 1 aromatic heterocycles. The third-order valence-electron chi connectivity index (χ3n) is 3.65. The molecule has 0 aliphatic carbocycles. The SMILES string of the molecule is COc1ccc(C(=O)N(C)C(C)c2ccc(C)cc2)cn1. The van der Waals surface area contributed by atoms with Crippen molar-refractivity contribution in [2.45, 2.75) is 19.9 Å². The number of amides is 1. The molecule has 0 aliphatic rings. The number of hydrogen-bond acceptors (Lipinski definition) is 3. The van der Waals surface area contributed by atoms with Crippen LogP contribution in [0.4, 0.5) is 0 Å². The van der Waals surface area contributed by atoms with Crippen LogP contribution >= 0.6 is 0 Å². The van der Waals surface area contributed by atoms with Crippen LogP contribution in [0.25, 0.3) is 0 Å². The van der Waals surface area contributed by atoms with Gasteiger partial charge in [-0.05, 0) is 25.5 Å². The zero-order valence-electron chi connectivity index (χ0n) is 12.8. The molecule has 0 bridgehead atoms. The van der Waals surface area contributed by atoms with Crippen LogP contribution in [-0.2, 0) is 0 Å². The number of ether oxygens (including phenoxy) is 1. The number of aryl methyl sites for hydroxylation is 1. The summed E-state index contributed by atoms with van der Waals surface area (Å²) in [4.78, 5) is 18.3. The molecule has 1 unspecified atom stereocenters. The maximum Gasteiger partial charge on any atom is 0.255 e. The van der Waals surface area contributed by atoms with Gasteiger partial charge in [-0.3, -0.25) is 4.79 Å². The topological polar surface area (TPSA) is 42.4 Å². The fourth-order valence-corrected chi connectivity index (χ4v) is 2.08. The predicted octanol–water partition coefficient (Wildman–Crippen LogP) is 3.23. The van der Waals surface area contributed by atoms with Crippen LogP contribution in [0.3, 0.4) is 0 Å². The first-order valence-corrected chi connectivity index (χ1v) is 6.86. The fourth-order valence-electron chi connectivity index (χ4n) is 2.08. The van der Waals surface area contributed by atoms with E-state index in [0.717, 1.165) is 5.56 Å². The van der Waals surface area contributed by atoms with Crippen LogP contribution < -0.4 is 4.74 Å². The summed E-state index contributed by atoms with van der Waals surface area (Å²) in [5, 5.41) is 0. The lowest BCUT2D eigenvalue weighted by Gasteiger charge is -2.25. The average molecular weight is 284 g/mol. The lowest BCUT2D eigenvalue weighted by atomic mass is 10.0. The summed E-state index contributed by atoms with van der Waals surface area (Å²) < 4.78 is 5.00. The van der Waals surface area contributed by atoms with Crippen LogP contribution in [-0.4, -0.2) is 29.9 Å². The van der Waals surface area contributed by atoms with E-state index in [2.05, 4.69) is 29.2 Å². The van der Waals surface area contributed by atoms with E-state index in [4.69, 9.17) is 4.74 Å². The van der Waals surface area contributed by atoms with Crippen molar-refractivity contribution in [3.05, 3.63) is 59.3 Å². The van der Waals surface area contributed by atoms with Crippen LogP contribution in [0.2, 0.25) is 0 Å². The van der Waals surface area contributed by atoms with Gasteiger partial charge in [0, 0.05) is 19.3 Å². The highest BCUT2D eigenvalue weighted by molar-refractivity contribution is 5.94. The summed E-state index contributed by atoms with van der Waals surface area (Å²) in [6.45, 7) is 4.06. The molecule has 1 atom stereocenters. The van der Waals surface area contributed by atoms with Gasteiger partial charge in [-0.2, -0.15) is 0 Å². The number of carbonyl (C=O) groups excluding carboxylic acids is 1. The second-order valence-electron chi connectivity index (χ2n) is 5.09. The number of hydrogen-bond donors (Lipinski definition) is 0. The van der Waals surface area contributed by atoms with Gasteiger partial charge in [0.1, 0.15) is 0 Å². The number of carbonyl (C=O) groups is 1. The van der Waals surface area contributed by atoms with Crippen molar-refractivity contribution in [3.8, 4) is 5.88 Å². The van der Waals surface area contributed by atoms with Gasteiger partial charge < -0.3 is 9.64 Å². The average Bonchev–Trinajstić information content (AvgIpc) is 2.53. The first kappa shape index (κ1) is 15.0. The predicted molar refractivity (Wildman–Crippen MR) is 82.5 cm³/mol. The van der Waals surface area contributed by atoms with E-state index in [1.54, 1.807) is 37.4 Å². The fraction of sp³-hybridized carbons (Fsp3) is 0.294. The zero-order chi connectivity index (χ0) is 15.4. The maximum absolute atomic E-state index is 12.5. The highest BCUT2D eigenvalue weighted by Crippen LogP contribution is 2.21. The molecule has 0 saturated heterocycles. The lowest BCUT2D eigenvalue weighted by molar-refractivity contribution is 0.0742. The summed E-state index contributed by atoms with van der Waals surface area (Å²) >= 11 is 0. The molecule has 0 N–H and O–H groups in total. The Balaban J connectivity index is 2.15. The Hall–Kier alpha value is -2.36. The molecular formula is C17H20N2O2. The highest BCUT2D eigenvalue weighted by Gasteiger charge is 2.19. The van der Waals surface area contributed by atoms with Gasteiger partial charge in [0.05, 0.1) is 18.7 Å². The first-order valence-electron chi connectivity index (χ1n) is 6.86. The molecule has 0 aliphatic heterocycles. The number of aromatic nitrogens is 1. The zero-order valence-corrected chi connectivity index (χ0v) is 12.8. The van der Waals surface area contributed by atoms with E-state index < -0.39 is 0 Å². The number of rotatable bonds is 4. The van der Waals surface area contributed by atoms with Crippen molar-refractivity contribution in [1.82, 2.24) is 9.88 Å². The number of nitrogens with zero attached hydrogens (tertiary/aromatic N) is 2. The Bertz CT molecular complexity index is 606. The summed E-state index contributed by atoms with van der Waals surface area (Å²) in [5.74, 6) is 0.444. The third kappa shape index (κ3) is 3.40. The van der Waals surface area contributed by atoms with Crippen molar-refractivity contribution < 1.29 is 9.53 Å². The molecule has 21 heavy (non-hydrogen) atoms. The van der Waals surface area contributed by atoms with E-state index in [1.165, 1.54) is 5.56 Å². The van der Waals surface area contributed by atoms with Crippen LogP contribution in [0.15, 0.2) is 42.6 Å². The van der Waals surface area contributed by atoms with E-state index in [1.807, 2.05) is 13.8 Å². The normalized spacial score (nSPS) is 11.8. The van der Waals surface area contributed by atoms with E-state index in [-0.39, 0.29) is 11.9 Å². The van der Waals surface area contributed by atoms with Crippen LogP contribution in [0.1, 0.15) is 34.5 Å². The molecule has 0 saturated carbocycles. The monoisotopic (exact) mass is 284 g/mol. The Labute approximate surface area is 125 Å². The first-order chi connectivity index (χ1) is 10.0. The number of benzene rings is 1. The Morgan fingerprint density at radius 1 is 1.19 bits per heavy atom. The van der Waals surface area contributed by atoms with Crippen molar-refractivity contribution in [2.75, 3.05) is 14.2 Å². The molecule has 2 rings (SSSR count). The molecule has 1 heterocycles. The molecule has 2 aromatic rings.